The molecule has 4 aromatic rings. The minimum Gasteiger partial charge on any atom is -0.261 e. The van der Waals surface area contributed by atoms with Gasteiger partial charge in [0.05, 0.1) is 0 Å². The van der Waals surface area contributed by atoms with Gasteiger partial charge in [-0.2, -0.15) is 0 Å². The molecular formula is C23H23N2+. The Bertz CT molecular complexity index is 986. The van der Waals surface area contributed by atoms with E-state index in [1.165, 1.54) is 46.5 Å². The van der Waals surface area contributed by atoms with E-state index in [-0.39, 0.29) is 0 Å². The Morgan fingerprint density at radius 2 is 1.52 bits per heavy atom. The Balaban J connectivity index is 1.31. The average molecular weight is 327 g/mol. The molecule has 0 spiro atoms. The molecule has 0 aliphatic rings. The standard InChI is InChI=1S/C23H23N2/c1(2-12-23-22-11-6-5-9-20(22)13-15-24-23)7-16-25-17-14-19-8-3-4-10-21(19)18-25/h3-6,8-11,13-15,17-18H,1-2,7,12,16H2/q+1. The Morgan fingerprint density at radius 3 is 2.44 bits per heavy atom. The molecule has 0 aliphatic heterocycles. The van der Waals surface area contributed by atoms with E-state index in [0.29, 0.717) is 0 Å². The first-order valence-electron chi connectivity index (χ1n) is 9.11. The zero-order chi connectivity index (χ0) is 16.9. The molecule has 0 aliphatic carbocycles. The third-order valence-electron chi connectivity index (χ3n) is 4.83. The van der Waals surface area contributed by atoms with Gasteiger partial charge in [-0.05, 0) is 42.2 Å². The van der Waals surface area contributed by atoms with Crippen LogP contribution in [0.15, 0.2) is 79.3 Å². The lowest BCUT2D eigenvalue weighted by Gasteiger charge is -2.05. The molecule has 0 saturated heterocycles. The molecular weight excluding hydrogens is 304 g/mol. The van der Waals surface area contributed by atoms with Crippen LogP contribution in [0.3, 0.4) is 0 Å². The monoisotopic (exact) mass is 327 g/mol. The Morgan fingerprint density at radius 1 is 0.720 bits per heavy atom. The van der Waals surface area contributed by atoms with Gasteiger partial charge in [0.15, 0.2) is 12.4 Å². The summed E-state index contributed by atoms with van der Waals surface area (Å²) < 4.78 is 2.30. The molecule has 0 fully saturated rings. The number of hydrogen-bond acceptors (Lipinski definition) is 1. The predicted octanol–water partition coefficient (Wildman–Crippen LogP) is 5.09. The van der Waals surface area contributed by atoms with Crippen molar-refractivity contribution in [3.05, 3.63) is 84.9 Å². The van der Waals surface area contributed by atoms with Crippen molar-refractivity contribution in [2.75, 3.05) is 0 Å². The molecule has 124 valence electrons. The summed E-state index contributed by atoms with van der Waals surface area (Å²) in [6.45, 7) is 1.08. The maximum Gasteiger partial charge on any atom is 0.176 e. The van der Waals surface area contributed by atoms with Gasteiger partial charge in [-0.25, -0.2) is 4.57 Å². The van der Waals surface area contributed by atoms with Gasteiger partial charge in [-0.3, -0.25) is 4.98 Å². The van der Waals surface area contributed by atoms with Crippen LogP contribution in [-0.2, 0) is 13.0 Å². The smallest absolute Gasteiger partial charge is 0.176 e. The van der Waals surface area contributed by atoms with Gasteiger partial charge in [0.2, 0.25) is 0 Å². The van der Waals surface area contributed by atoms with Crippen LogP contribution in [0.1, 0.15) is 25.0 Å². The van der Waals surface area contributed by atoms with Gasteiger partial charge >= 0.3 is 0 Å². The van der Waals surface area contributed by atoms with Crippen molar-refractivity contribution in [3.63, 3.8) is 0 Å². The molecule has 25 heavy (non-hydrogen) atoms. The van der Waals surface area contributed by atoms with E-state index in [0.717, 1.165) is 13.0 Å². The van der Waals surface area contributed by atoms with Crippen LogP contribution in [0.25, 0.3) is 21.5 Å². The van der Waals surface area contributed by atoms with Crippen LogP contribution in [0.2, 0.25) is 0 Å². The van der Waals surface area contributed by atoms with E-state index < -0.39 is 0 Å². The summed E-state index contributed by atoms with van der Waals surface area (Å²) in [4.78, 5) is 4.59. The SMILES string of the molecule is c1ccc2c[n+](CCCCCc3nccc4ccccc34)ccc2c1. The van der Waals surface area contributed by atoms with Crippen molar-refractivity contribution in [2.45, 2.75) is 32.2 Å². The Hall–Kier alpha value is -2.74. The Kier molecular flexibility index (Phi) is 4.69. The summed E-state index contributed by atoms with van der Waals surface area (Å²) in [5.74, 6) is 0. The van der Waals surface area contributed by atoms with Crippen molar-refractivity contribution in [2.24, 2.45) is 0 Å². The van der Waals surface area contributed by atoms with Crippen LogP contribution in [-0.4, -0.2) is 4.98 Å². The minimum atomic E-state index is 1.06. The fourth-order valence-corrected chi connectivity index (χ4v) is 3.46. The number of hydrogen-bond donors (Lipinski definition) is 0. The number of benzene rings is 2. The van der Waals surface area contributed by atoms with Crippen molar-refractivity contribution >= 4 is 21.5 Å². The summed E-state index contributed by atoms with van der Waals surface area (Å²) in [5, 5.41) is 5.21. The van der Waals surface area contributed by atoms with E-state index in [2.05, 4.69) is 82.6 Å². The molecule has 0 radical (unpaired) electrons. The molecule has 0 amide bonds. The third kappa shape index (κ3) is 3.69. The van der Waals surface area contributed by atoms with E-state index >= 15 is 0 Å². The summed E-state index contributed by atoms with van der Waals surface area (Å²) in [5.41, 5.74) is 1.23. The number of pyridine rings is 2. The molecule has 0 bridgehead atoms. The average Bonchev–Trinajstić information content (AvgIpc) is 2.68. The normalized spacial score (nSPS) is 11.2. The van der Waals surface area contributed by atoms with Crippen molar-refractivity contribution in [1.82, 2.24) is 4.98 Å². The Labute approximate surface area is 148 Å². The highest BCUT2D eigenvalue weighted by Gasteiger charge is 2.04. The molecule has 2 aromatic carbocycles. The molecule has 2 heteroatoms. The maximum atomic E-state index is 4.59. The second-order valence-electron chi connectivity index (χ2n) is 6.60. The summed E-state index contributed by atoms with van der Waals surface area (Å²) in [6.07, 6.45) is 11.1. The lowest BCUT2D eigenvalue weighted by molar-refractivity contribution is -0.696. The van der Waals surface area contributed by atoms with E-state index in [1.807, 2.05) is 6.20 Å². The van der Waals surface area contributed by atoms with Gasteiger partial charge in [-0.15, -0.1) is 0 Å². The summed E-state index contributed by atoms with van der Waals surface area (Å²) in [6, 6.07) is 21.4. The molecule has 2 aromatic heterocycles. The summed E-state index contributed by atoms with van der Waals surface area (Å²) in [7, 11) is 0. The first-order chi connectivity index (χ1) is 12.4. The number of unbranched alkanes of at least 4 members (excludes halogenated alkanes) is 2. The van der Waals surface area contributed by atoms with Gasteiger partial charge in [0.25, 0.3) is 0 Å². The molecule has 0 N–H and O–H groups in total. The molecule has 0 saturated carbocycles. The van der Waals surface area contributed by atoms with Crippen LogP contribution >= 0.6 is 0 Å². The highest BCUT2D eigenvalue weighted by molar-refractivity contribution is 5.84. The fraction of sp³-hybridized carbons (Fsp3) is 0.217. The molecule has 0 atom stereocenters. The largest absolute Gasteiger partial charge is 0.261 e. The third-order valence-corrected chi connectivity index (χ3v) is 4.83. The first kappa shape index (κ1) is 15.8. The second-order valence-corrected chi connectivity index (χ2v) is 6.60. The summed E-state index contributed by atoms with van der Waals surface area (Å²) >= 11 is 0. The minimum absolute atomic E-state index is 1.06. The number of aromatic nitrogens is 2. The van der Waals surface area contributed by atoms with Crippen LogP contribution < -0.4 is 4.57 Å². The maximum absolute atomic E-state index is 4.59. The first-order valence-corrected chi connectivity index (χ1v) is 9.11. The topological polar surface area (TPSA) is 16.8 Å². The van der Waals surface area contributed by atoms with Crippen molar-refractivity contribution < 1.29 is 4.57 Å². The number of aryl methyl sites for hydroxylation is 2. The quantitative estimate of drug-likeness (QED) is 0.356. The van der Waals surface area contributed by atoms with E-state index in [1.54, 1.807) is 0 Å². The number of rotatable bonds is 6. The van der Waals surface area contributed by atoms with Gasteiger partial charge in [0, 0.05) is 35.2 Å². The highest BCUT2D eigenvalue weighted by atomic mass is 14.9. The second kappa shape index (κ2) is 7.43. The lowest BCUT2D eigenvalue weighted by Crippen LogP contribution is -2.32. The molecule has 0 unspecified atom stereocenters. The van der Waals surface area contributed by atoms with Gasteiger partial charge in [0.1, 0.15) is 6.54 Å². The van der Waals surface area contributed by atoms with Crippen LogP contribution in [0.5, 0.6) is 0 Å². The van der Waals surface area contributed by atoms with Gasteiger partial charge < -0.3 is 0 Å². The molecule has 2 heterocycles. The van der Waals surface area contributed by atoms with Gasteiger partial charge in [-0.1, -0.05) is 42.5 Å². The zero-order valence-corrected chi connectivity index (χ0v) is 14.4. The van der Waals surface area contributed by atoms with E-state index in [9.17, 15) is 0 Å². The molecule has 4 rings (SSSR count). The zero-order valence-electron chi connectivity index (χ0n) is 14.4. The predicted molar refractivity (Wildman–Crippen MR) is 103 cm³/mol. The van der Waals surface area contributed by atoms with Crippen molar-refractivity contribution in [1.29, 1.82) is 0 Å². The van der Waals surface area contributed by atoms with Crippen LogP contribution in [0, 0.1) is 0 Å². The fourth-order valence-electron chi connectivity index (χ4n) is 3.46. The molecule has 2 nitrogen and oxygen atoms in total. The van der Waals surface area contributed by atoms with Crippen LogP contribution in [0.4, 0.5) is 0 Å². The number of nitrogens with zero attached hydrogens (tertiary/aromatic N) is 2. The highest BCUT2D eigenvalue weighted by Crippen LogP contribution is 2.18. The number of fused-ring (bicyclic) bond motifs is 2. The lowest BCUT2D eigenvalue weighted by atomic mass is 10.1. The van der Waals surface area contributed by atoms with E-state index in [4.69, 9.17) is 0 Å². The van der Waals surface area contributed by atoms with Crippen molar-refractivity contribution in [3.8, 4) is 0 Å².